The maximum Gasteiger partial charge on any atom is 0.416 e. The topological polar surface area (TPSA) is 12.9 Å². The smallest absolute Gasteiger partial charge is 0.236 e. The molecule has 0 atom stereocenters. The summed E-state index contributed by atoms with van der Waals surface area (Å²) in [7, 11) is 0. The van der Waals surface area contributed by atoms with E-state index in [4.69, 9.17) is 34.8 Å². The summed E-state index contributed by atoms with van der Waals surface area (Å²) in [6, 6.07) is 15.7. The van der Waals surface area contributed by atoms with E-state index in [1.807, 2.05) is 23.6 Å². The molecule has 0 spiro atoms. The van der Waals surface area contributed by atoms with Gasteiger partial charge in [-0.3, -0.25) is 0 Å². The molecule has 0 aliphatic heterocycles. The summed E-state index contributed by atoms with van der Waals surface area (Å²) in [5.74, 6) is 0. The van der Waals surface area contributed by atoms with Gasteiger partial charge in [0.05, 0.1) is 21.3 Å². The van der Waals surface area contributed by atoms with Gasteiger partial charge in [0.25, 0.3) is 0 Å². The van der Waals surface area contributed by atoms with Crippen molar-refractivity contribution >= 4 is 46.1 Å². The molecule has 0 unspecified atom stereocenters. The second-order valence-electron chi connectivity index (χ2n) is 6.44. The third-order valence-electron chi connectivity index (χ3n) is 4.46. The number of aromatic nitrogens is 1. The number of rotatable bonds is 3. The highest BCUT2D eigenvalue weighted by atomic mass is 35.5. The molecule has 0 N–H and O–H groups in total. The van der Waals surface area contributed by atoms with Gasteiger partial charge in [-0.05, 0) is 35.9 Å². The predicted molar refractivity (Wildman–Crippen MR) is 118 cm³/mol. The van der Waals surface area contributed by atoms with Crippen LogP contribution in [0.25, 0.3) is 33.0 Å². The highest BCUT2D eigenvalue weighted by molar-refractivity contribution is 7.13. The van der Waals surface area contributed by atoms with Gasteiger partial charge in [0.1, 0.15) is 5.01 Å². The summed E-state index contributed by atoms with van der Waals surface area (Å²) in [5, 5.41) is 3.86. The Balaban J connectivity index is 1.64. The summed E-state index contributed by atoms with van der Waals surface area (Å²) in [6.45, 7) is 0. The van der Waals surface area contributed by atoms with Gasteiger partial charge < -0.3 is 0 Å². The minimum atomic E-state index is -4.43. The third kappa shape index (κ3) is 4.35. The van der Waals surface area contributed by atoms with Gasteiger partial charge in [-0.1, -0.05) is 65.1 Å². The van der Waals surface area contributed by atoms with Gasteiger partial charge in [-0.15, -0.1) is 11.3 Å². The molecule has 30 heavy (non-hydrogen) atoms. The van der Waals surface area contributed by atoms with E-state index in [9.17, 15) is 13.2 Å². The molecular weight excluding hydrogens is 474 g/mol. The lowest BCUT2D eigenvalue weighted by atomic mass is 10.0. The number of thiazole rings is 1. The maximum atomic E-state index is 13.0. The molecule has 152 valence electrons. The minimum Gasteiger partial charge on any atom is -0.236 e. The number of halogens is 6. The predicted octanol–water partition coefficient (Wildman–Crippen LogP) is 9.12. The fraction of sp³-hybridized carbons (Fsp3) is 0.0455. The van der Waals surface area contributed by atoms with Crippen molar-refractivity contribution in [2.45, 2.75) is 6.18 Å². The van der Waals surface area contributed by atoms with Crippen LogP contribution < -0.4 is 0 Å². The van der Waals surface area contributed by atoms with Gasteiger partial charge in [-0.2, -0.15) is 13.2 Å². The van der Waals surface area contributed by atoms with Crippen molar-refractivity contribution in [3.05, 3.63) is 86.7 Å². The van der Waals surface area contributed by atoms with Gasteiger partial charge in [-0.25, -0.2) is 4.98 Å². The third-order valence-corrected chi connectivity index (χ3v) is 6.42. The van der Waals surface area contributed by atoms with E-state index in [2.05, 4.69) is 4.98 Å². The van der Waals surface area contributed by atoms with Crippen LogP contribution in [0, 0.1) is 0 Å². The van der Waals surface area contributed by atoms with Crippen molar-refractivity contribution in [1.82, 2.24) is 4.98 Å². The first-order chi connectivity index (χ1) is 14.2. The van der Waals surface area contributed by atoms with Crippen molar-refractivity contribution < 1.29 is 13.2 Å². The molecule has 0 saturated heterocycles. The molecule has 0 aliphatic carbocycles. The molecule has 1 aromatic heterocycles. The highest BCUT2D eigenvalue weighted by Crippen LogP contribution is 2.37. The minimum absolute atomic E-state index is 0.256. The Bertz CT molecular complexity index is 1220. The zero-order valence-corrected chi connectivity index (χ0v) is 18.1. The van der Waals surface area contributed by atoms with Crippen molar-refractivity contribution in [3.8, 4) is 33.0 Å². The monoisotopic (exact) mass is 483 g/mol. The average molecular weight is 485 g/mol. The van der Waals surface area contributed by atoms with Crippen LogP contribution in [0.2, 0.25) is 15.1 Å². The van der Waals surface area contributed by atoms with Crippen LogP contribution >= 0.6 is 46.1 Å². The second-order valence-corrected chi connectivity index (χ2v) is 8.52. The van der Waals surface area contributed by atoms with E-state index in [0.717, 1.165) is 34.0 Å². The van der Waals surface area contributed by atoms with Crippen molar-refractivity contribution in [2.75, 3.05) is 0 Å². The molecular formula is C22H11Cl3F3NS. The number of hydrogen-bond acceptors (Lipinski definition) is 2. The Kier molecular flexibility index (Phi) is 5.82. The summed E-state index contributed by atoms with van der Waals surface area (Å²) in [4.78, 5) is 4.63. The van der Waals surface area contributed by atoms with Crippen molar-refractivity contribution in [1.29, 1.82) is 0 Å². The lowest BCUT2D eigenvalue weighted by Crippen LogP contribution is -2.04. The first kappa shape index (κ1) is 21.2. The number of benzene rings is 3. The van der Waals surface area contributed by atoms with Crippen LogP contribution in [0.1, 0.15) is 5.56 Å². The van der Waals surface area contributed by atoms with E-state index < -0.39 is 11.7 Å². The molecule has 0 radical (unpaired) electrons. The zero-order valence-electron chi connectivity index (χ0n) is 15.0. The second kappa shape index (κ2) is 8.23. The van der Waals surface area contributed by atoms with Crippen LogP contribution in [0.3, 0.4) is 0 Å². The molecule has 0 saturated carbocycles. The van der Waals surface area contributed by atoms with E-state index in [0.29, 0.717) is 21.2 Å². The van der Waals surface area contributed by atoms with Gasteiger partial charge in [0.15, 0.2) is 0 Å². The Hall–Kier alpha value is -2.05. The summed E-state index contributed by atoms with van der Waals surface area (Å²) in [6.07, 6.45) is -4.43. The number of hydrogen-bond donors (Lipinski definition) is 0. The standard InChI is InChI=1S/C22H11Cl3F3NS/c23-17-8-6-15(22(26,27)28)10-16(17)12-1-3-13(4-2-12)21-29-20(11-30-21)14-5-7-18(24)19(25)9-14/h1-11H. The van der Waals surface area contributed by atoms with E-state index in [1.54, 1.807) is 24.3 Å². The van der Waals surface area contributed by atoms with Crippen LogP contribution in [0.15, 0.2) is 66.0 Å². The molecule has 8 heteroatoms. The summed E-state index contributed by atoms with van der Waals surface area (Å²) in [5.41, 5.74) is 2.64. The normalized spacial score (nSPS) is 11.7. The van der Waals surface area contributed by atoms with Crippen LogP contribution in [-0.4, -0.2) is 4.98 Å². The Morgan fingerprint density at radius 3 is 2.00 bits per heavy atom. The largest absolute Gasteiger partial charge is 0.416 e. The maximum absolute atomic E-state index is 13.0. The molecule has 4 rings (SSSR count). The fourth-order valence-electron chi connectivity index (χ4n) is 2.91. The number of alkyl halides is 3. The average Bonchev–Trinajstić information content (AvgIpc) is 3.20. The van der Waals surface area contributed by atoms with E-state index in [1.165, 1.54) is 17.4 Å². The number of nitrogens with zero attached hydrogens (tertiary/aromatic N) is 1. The fourth-order valence-corrected chi connectivity index (χ4v) is 4.27. The van der Waals surface area contributed by atoms with E-state index >= 15 is 0 Å². The Morgan fingerprint density at radius 1 is 0.700 bits per heavy atom. The van der Waals surface area contributed by atoms with Crippen LogP contribution in [0.4, 0.5) is 13.2 Å². The van der Waals surface area contributed by atoms with Gasteiger partial charge in [0, 0.05) is 27.1 Å². The molecule has 0 aliphatic rings. The lowest BCUT2D eigenvalue weighted by molar-refractivity contribution is -0.137. The SMILES string of the molecule is FC(F)(F)c1ccc(Cl)c(-c2ccc(-c3nc(-c4ccc(Cl)c(Cl)c4)cs3)cc2)c1. The van der Waals surface area contributed by atoms with Crippen molar-refractivity contribution in [3.63, 3.8) is 0 Å². The Labute approximate surface area is 189 Å². The summed E-state index contributed by atoms with van der Waals surface area (Å²) >= 11 is 19.6. The lowest BCUT2D eigenvalue weighted by Gasteiger charge is -2.11. The van der Waals surface area contributed by atoms with Gasteiger partial charge >= 0.3 is 6.18 Å². The van der Waals surface area contributed by atoms with Crippen LogP contribution in [-0.2, 0) is 6.18 Å². The molecule has 3 aromatic carbocycles. The van der Waals surface area contributed by atoms with Gasteiger partial charge in [0.2, 0.25) is 0 Å². The first-order valence-electron chi connectivity index (χ1n) is 8.61. The molecule has 1 heterocycles. The summed E-state index contributed by atoms with van der Waals surface area (Å²) < 4.78 is 39.1. The highest BCUT2D eigenvalue weighted by Gasteiger charge is 2.31. The molecule has 0 fully saturated rings. The Morgan fingerprint density at radius 2 is 1.33 bits per heavy atom. The molecule has 4 aromatic rings. The van der Waals surface area contributed by atoms with E-state index in [-0.39, 0.29) is 5.02 Å². The molecule has 0 amide bonds. The zero-order chi connectivity index (χ0) is 21.5. The van der Waals surface area contributed by atoms with Crippen LogP contribution in [0.5, 0.6) is 0 Å². The quantitative estimate of drug-likeness (QED) is 0.282. The first-order valence-corrected chi connectivity index (χ1v) is 10.6. The molecule has 1 nitrogen and oxygen atoms in total. The van der Waals surface area contributed by atoms with Crippen molar-refractivity contribution in [2.24, 2.45) is 0 Å². The molecule has 0 bridgehead atoms.